The van der Waals surface area contributed by atoms with Crippen LogP contribution in [-0.2, 0) is 0 Å². The molecule has 0 atom stereocenters. The molecule has 0 radical (unpaired) electrons. The lowest BCUT2D eigenvalue weighted by Crippen LogP contribution is -2.26. The third-order valence-electron chi connectivity index (χ3n) is 6.55. The Bertz CT molecular complexity index is 1380. The molecule has 7 aromatic rings. The first kappa shape index (κ1) is 22.7. The third-order valence-corrected chi connectivity index (χ3v) is 6.55. The van der Waals surface area contributed by atoms with Crippen molar-refractivity contribution in [2.75, 3.05) is 0 Å². The Labute approximate surface area is 223 Å². The number of benzene rings is 1. The van der Waals surface area contributed by atoms with Gasteiger partial charge in [-0.05, 0) is 71.3 Å². The second-order valence-electron chi connectivity index (χ2n) is 8.97. The lowest BCUT2D eigenvalue weighted by molar-refractivity contribution is 0.397. The van der Waals surface area contributed by atoms with Gasteiger partial charge in [-0.3, -0.25) is 0 Å². The van der Waals surface area contributed by atoms with Crippen molar-refractivity contribution in [2.45, 2.75) is 18.5 Å². The van der Waals surface area contributed by atoms with Crippen LogP contribution in [0.5, 0.6) is 0 Å². The van der Waals surface area contributed by atoms with Crippen LogP contribution in [0.25, 0.3) is 0 Å². The fourth-order valence-electron chi connectivity index (χ4n) is 4.98. The Morgan fingerprint density at radius 1 is 0.333 bits per heavy atom. The molecule has 0 saturated heterocycles. The van der Waals surface area contributed by atoms with E-state index in [1.54, 1.807) is 37.2 Å². The van der Waals surface area contributed by atoms with Crippen LogP contribution in [0.3, 0.4) is 0 Å². The largest absolute Gasteiger partial charge is 0.244 e. The van der Waals surface area contributed by atoms with Gasteiger partial charge in [-0.1, -0.05) is 0 Å². The molecule has 0 saturated carbocycles. The first-order chi connectivity index (χ1) is 19.3. The van der Waals surface area contributed by atoms with E-state index in [4.69, 9.17) is 0 Å². The van der Waals surface area contributed by atoms with Gasteiger partial charge in [-0.25, -0.2) is 28.1 Å². The molecule has 0 aliphatic heterocycles. The van der Waals surface area contributed by atoms with Gasteiger partial charge >= 0.3 is 0 Å². The molecule has 0 spiro atoms. The monoisotopic (exact) mass is 516 g/mol. The average Bonchev–Trinajstić information content (AvgIpc) is 3.80. The molecule has 39 heavy (non-hydrogen) atoms. The smallest absolute Gasteiger partial charge is 0.168 e. The van der Waals surface area contributed by atoms with E-state index in [-0.39, 0.29) is 18.5 Å². The summed E-state index contributed by atoms with van der Waals surface area (Å²) in [4.78, 5) is 0. The van der Waals surface area contributed by atoms with Crippen molar-refractivity contribution in [3.63, 3.8) is 0 Å². The van der Waals surface area contributed by atoms with Crippen molar-refractivity contribution in [3.8, 4) is 0 Å². The van der Waals surface area contributed by atoms with Crippen LogP contribution < -0.4 is 0 Å². The molecule has 0 fully saturated rings. The van der Waals surface area contributed by atoms with E-state index < -0.39 is 0 Å². The molecule has 6 heterocycles. The van der Waals surface area contributed by atoms with E-state index in [2.05, 4.69) is 48.8 Å². The van der Waals surface area contributed by atoms with Gasteiger partial charge in [-0.2, -0.15) is 30.6 Å². The zero-order valence-electron chi connectivity index (χ0n) is 20.7. The maximum atomic E-state index is 4.58. The highest BCUT2D eigenvalue weighted by molar-refractivity contribution is 5.37. The van der Waals surface area contributed by atoms with Crippen LogP contribution in [0.4, 0.5) is 0 Å². The predicted molar refractivity (Wildman–Crippen MR) is 140 cm³/mol. The van der Waals surface area contributed by atoms with Crippen LogP contribution >= 0.6 is 0 Å². The topological polar surface area (TPSA) is 107 Å². The standard InChI is InChI=1S/C27H24N12/c1-7-28-34(13-1)25(35-14-2-8-29-35)22-19-23(26(36-15-3-9-30-36)37-16-4-10-31-37)21-24(20-22)27(38-17-5-11-32-38)39-18-6-12-33-39/h1-21,25-27H. The summed E-state index contributed by atoms with van der Waals surface area (Å²) in [6, 6.07) is 17.9. The third kappa shape index (κ3) is 4.23. The van der Waals surface area contributed by atoms with Crippen molar-refractivity contribution >= 4 is 0 Å². The highest BCUT2D eigenvalue weighted by Gasteiger charge is 2.26. The molecule has 0 bridgehead atoms. The fourth-order valence-corrected chi connectivity index (χ4v) is 4.98. The second kappa shape index (κ2) is 9.74. The van der Waals surface area contributed by atoms with Crippen molar-refractivity contribution in [1.29, 1.82) is 0 Å². The van der Waals surface area contributed by atoms with E-state index in [0.29, 0.717) is 0 Å². The molecule has 6 aromatic heterocycles. The average molecular weight is 517 g/mol. The maximum absolute atomic E-state index is 4.58. The van der Waals surface area contributed by atoms with E-state index in [1.165, 1.54) is 0 Å². The van der Waals surface area contributed by atoms with E-state index in [1.807, 2.05) is 102 Å². The Hall–Kier alpha value is -5.52. The predicted octanol–water partition coefficient (Wildman–Crippen LogP) is 3.15. The van der Waals surface area contributed by atoms with Gasteiger partial charge in [0.25, 0.3) is 0 Å². The van der Waals surface area contributed by atoms with Gasteiger partial charge in [-0.15, -0.1) is 0 Å². The Balaban J connectivity index is 1.49. The van der Waals surface area contributed by atoms with Gasteiger partial charge in [0.1, 0.15) is 0 Å². The molecule has 0 aliphatic rings. The molecule has 7 rings (SSSR count). The molecule has 0 amide bonds. The van der Waals surface area contributed by atoms with Gasteiger partial charge in [0, 0.05) is 74.4 Å². The number of hydrogen-bond acceptors (Lipinski definition) is 6. The summed E-state index contributed by atoms with van der Waals surface area (Å²) in [5.74, 6) is 0. The van der Waals surface area contributed by atoms with E-state index in [9.17, 15) is 0 Å². The van der Waals surface area contributed by atoms with Crippen LogP contribution in [0.2, 0.25) is 0 Å². The SMILES string of the molecule is c1cnn(C(c2cc(C(n3cccn3)n3cccn3)cc(C(n3cccn3)n3cccn3)c2)n2cccn2)c1. The minimum absolute atomic E-state index is 0.333. The molecule has 0 unspecified atom stereocenters. The van der Waals surface area contributed by atoms with Crippen LogP contribution in [0.15, 0.2) is 129 Å². The first-order valence-electron chi connectivity index (χ1n) is 12.4. The normalized spacial score (nSPS) is 11.8. The summed E-state index contributed by atoms with van der Waals surface area (Å²) < 4.78 is 11.4. The summed E-state index contributed by atoms with van der Waals surface area (Å²) in [6.45, 7) is 0. The fraction of sp³-hybridized carbons (Fsp3) is 0.111. The number of nitrogens with zero attached hydrogens (tertiary/aromatic N) is 12. The summed E-state index contributed by atoms with van der Waals surface area (Å²) in [5, 5.41) is 27.5. The Morgan fingerprint density at radius 2 is 0.538 bits per heavy atom. The van der Waals surface area contributed by atoms with Crippen molar-refractivity contribution in [1.82, 2.24) is 58.7 Å². The Kier molecular flexibility index (Phi) is 5.66. The quantitative estimate of drug-likeness (QED) is 0.292. The van der Waals surface area contributed by atoms with Crippen molar-refractivity contribution < 1.29 is 0 Å². The molecule has 12 heteroatoms. The maximum Gasteiger partial charge on any atom is 0.168 e. The van der Waals surface area contributed by atoms with Gasteiger partial charge in [0.2, 0.25) is 0 Å². The van der Waals surface area contributed by atoms with E-state index in [0.717, 1.165) is 16.7 Å². The first-order valence-corrected chi connectivity index (χ1v) is 12.4. The minimum Gasteiger partial charge on any atom is -0.244 e. The summed E-state index contributed by atoms with van der Waals surface area (Å²) in [5.41, 5.74) is 2.93. The number of aromatic nitrogens is 12. The molecule has 192 valence electrons. The summed E-state index contributed by atoms with van der Waals surface area (Å²) in [6.07, 6.45) is 21.3. The molecule has 0 aliphatic carbocycles. The van der Waals surface area contributed by atoms with Crippen molar-refractivity contribution in [3.05, 3.63) is 146 Å². The zero-order chi connectivity index (χ0) is 26.0. The molecular formula is C27H24N12. The van der Waals surface area contributed by atoms with Gasteiger partial charge < -0.3 is 0 Å². The molecule has 0 N–H and O–H groups in total. The van der Waals surface area contributed by atoms with E-state index >= 15 is 0 Å². The minimum atomic E-state index is -0.333. The van der Waals surface area contributed by atoms with Crippen LogP contribution in [0.1, 0.15) is 35.2 Å². The number of rotatable bonds is 9. The van der Waals surface area contributed by atoms with Crippen molar-refractivity contribution in [2.24, 2.45) is 0 Å². The van der Waals surface area contributed by atoms with Crippen LogP contribution in [-0.4, -0.2) is 58.7 Å². The zero-order valence-corrected chi connectivity index (χ0v) is 20.7. The molecule has 12 nitrogen and oxygen atoms in total. The summed E-state index contributed by atoms with van der Waals surface area (Å²) >= 11 is 0. The second-order valence-corrected chi connectivity index (χ2v) is 8.97. The highest BCUT2D eigenvalue weighted by Crippen LogP contribution is 2.31. The van der Waals surface area contributed by atoms with Gasteiger partial charge in [0.05, 0.1) is 0 Å². The number of hydrogen-bond donors (Lipinski definition) is 0. The lowest BCUT2D eigenvalue weighted by Gasteiger charge is -2.26. The summed E-state index contributed by atoms with van der Waals surface area (Å²) in [7, 11) is 0. The lowest BCUT2D eigenvalue weighted by atomic mass is 10.00. The highest BCUT2D eigenvalue weighted by atomic mass is 15.5. The molecule has 1 aromatic carbocycles. The van der Waals surface area contributed by atoms with Crippen LogP contribution in [0, 0.1) is 0 Å². The molecular weight excluding hydrogens is 492 g/mol. The Morgan fingerprint density at radius 3 is 0.692 bits per heavy atom. The van der Waals surface area contributed by atoms with Gasteiger partial charge in [0.15, 0.2) is 18.5 Å².